The molecule has 0 bridgehead atoms. The van der Waals surface area contributed by atoms with Crippen LogP contribution in [0.25, 0.3) is 0 Å². The van der Waals surface area contributed by atoms with E-state index < -0.39 is 5.97 Å². The van der Waals surface area contributed by atoms with Crippen molar-refractivity contribution in [2.75, 3.05) is 32.7 Å². The van der Waals surface area contributed by atoms with Crippen molar-refractivity contribution in [3.8, 4) is 0 Å². The summed E-state index contributed by atoms with van der Waals surface area (Å²) in [6, 6.07) is -0.199. The van der Waals surface area contributed by atoms with Gasteiger partial charge in [-0.2, -0.15) is 0 Å². The minimum Gasteiger partial charge on any atom is -0.481 e. The Morgan fingerprint density at radius 3 is 2.78 bits per heavy atom. The van der Waals surface area contributed by atoms with Gasteiger partial charge in [-0.15, -0.1) is 0 Å². The van der Waals surface area contributed by atoms with Crippen LogP contribution < -0.4 is 5.32 Å². The molecule has 7 nitrogen and oxygen atoms in total. The highest BCUT2D eigenvalue weighted by molar-refractivity contribution is 5.79. The lowest BCUT2D eigenvalue weighted by molar-refractivity contribution is -0.137. The quantitative estimate of drug-likeness (QED) is 0.725. The predicted octanol–water partition coefficient (Wildman–Crippen LogP) is -0.275. The number of carboxylic acids is 1. The average Bonchev–Trinajstić information content (AvgIpc) is 2.54. The molecule has 1 rings (SSSR count). The summed E-state index contributed by atoms with van der Waals surface area (Å²) >= 11 is 0. The Kier molecular flexibility index (Phi) is 5.41. The third-order valence-electron chi connectivity index (χ3n) is 2.83. The van der Waals surface area contributed by atoms with E-state index in [2.05, 4.69) is 5.32 Å². The van der Waals surface area contributed by atoms with E-state index in [1.54, 1.807) is 11.8 Å². The van der Waals surface area contributed by atoms with Gasteiger partial charge in [-0.1, -0.05) is 0 Å². The first-order valence-corrected chi connectivity index (χ1v) is 6.07. The molecule has 0 radical (unpaired) electrons. The second-order valence-electron chi connectivity index (χ2n) is 4.09. The number of carboxylic acid groups (broad SMARTS) is 1. The SMILES string of the molecule is CCN(CCC(=O)O)C(=O)N1CCNC(=O)CC1. The number of amides is 3. The molecule has 18 heavy (non-hydrogen) atoms. The van der Waals surface area contributed by atoms with Crippen LogP contribution >= 0.6 is 0 Å². The first-order valence-electron chi connectivity index (χ1n) is 6.07. The van der Waals surface area contributed by atoms with Crippen LogP contribution in [0.15, 0.2) is 0 Å². The highest BCUT2D eigenvalue weighted by atomic mass is 16.4. The van der Waals surface area contributed by atoms with E-state index in [0.29, 0.717) is 32.6 Å². The summed E-state index contributed by atoms with van der Waals surface area (Å²) in [4.78, 5) is 36.9. The molecule has 1 aliphatic heterocycles. The molecule has 0 aromatic carbocycles. The van der Waals surface area contributed by atoms with Gasteiger partial charge in [-0.25, -0.2) is 4.79 Å². The zero-order valence-corrected chi connectivity index (χ0v) is 10.5. The Bertz CT molecular complexity index is 332. The molecule has 0 aromatic rings. The zero-order chi connectivity index (χ0) is 13.5. The summed E-state index contributed by atoms with van der Waals surface area (Å²) in [7, 11) is 0. The topological polar surface area (TPSA) is 90.0 Å². The van der Waals surface area contributed by atoms with Gasteiger partial charge in [0.25, 0.3) is 0 Å². The molecule has 102 valence electrons. The van der Waals surface area contributed by atoms with Gasteiger partial charge in [0.1, 0.15) is 0 Å². The van der Waals surface area contributed by atoms with Gasteiger partial charge in [-0.05, 0) is 6.92 Å². The van der Waals surface area contributed by atoms with Crippen molar-refractivity contribution in [2.24, 2.45) is 0 Å². The number of rotatable bonds is 4. The molecule has 0 aromatic heterocycles. The molecule has 1 heterocycles. The van der Waals surface area contributed by atoms with Crippen molar-refractivity contribution in [3.05, 3.63) is 0 Å². The summed E-state index contributed by atoms with van der Waals surface area (Å²) < 4.78 is 0. The van der Waals surface area contributed by atoms with Gasteiger partial charge in [0.15, 0.2) is 0 Å². The number of hydrogen-bond donors (Lipinski definition) is 2. The minimum absolute atomic E-state index is 0.0566. The summed E-state index contributed by atoms with van der Waals surface area (Å²) in [6.07, 6.45) is 0.229. The molecule has 3 amide bonds. The first-order chi connectivity index (χ1) is 8.54. The molecule has 0 saturated carbocycles. The molecule has 7 heteroatoms. The van der Waals surface area contributed by atoms with E-state index >= 15 is 0 Å². The van der Waals surface area contributed by atoms with E-state index in [1.807, 2.05) is 0 Å². The van der Waals surface area contributed by atoms with Gasteiger partial charge < -0.3 is 20.2 Å². The fourth-order valence-corrected chi connectivity index (χ4v) is 1.78. The maximum Gasteiger partial charge on any atom is 0.320 e. The average molecular weight is 257 g/mol. The number of nitrogens with zero attached hydrogens (tertiary/aromatic N) is 2. The highest BCUT2D eigenvalue weighted by Gasteiger charge is 2.22. The molecular weight excluding hydrogens is 238 g/mol. The minimum atomic E-state index is -0.922. The molecule has 1 aliphatic rings. The van der Waals surface area contributed by atoms with Crippen LogP contribution in [-0.2, 0) is 9.59 Å². The van der Waals surface area contributed by atoms with Gasteiger partial charge in [0, 0.05) is 39.1 Å². The van der Waals surface area contributed by atoms with Crippen molar-refractivity contribution in [1.29, 1.82) is 0 Å². The number of carbonyl (C=O) groups is 3. The number of nitrogens with one attached hydrogen (secondary N) is 1. The maximum absolute atomic E-state index is 12.1. The molecule has 1 saturated heterocycles. The van der Waals surface area contributed by atoms with Crippen molar-refractivity contribution in [3.63, 3.8) is 0 Å². The highest BCUT2D eigenvalue weighted by Crippen LogP contribution is 2.04. The summed E-state index contributed by atoms with van der Waals surface area (Å²) in [5.74, 6) is -0.979. The molecule has 2 N–H and O–H groups in total. The normalized spacial score (nSPS) is 15.8. The smallest absolute Gasteiger partial charge is 0.320 e. The van der Waals surface area contributed by atoms with Crippen LogP contribution in [0, 0.1) is 0 Å². The van der Waals surface area contributed by atoms with Gasteiger partial charge in [0.2, 0.25) is 5.91 Å². The first kappa shape index (κ1) is 14.3. The molecule has 0 spiro atoms. The Balaban J connectivity index is 2.53. The Morgan fingerprint density at radius 2 is 2.17 bits per heavy atom. The Hall–Kier alpha value is -1.79. The third-order valence-corrected chi connectivity index (χ3v) is 2.83. The molecule has 0 atom stereocenters. The lowest BCUT2D eigenvalue weighted by Crippen LogP contribution is -2.45. The van der Waals surface area contributed by atoms with Crippen LogP contribution in [0.2, 0.25) is 0 Å². The lowest BCUT2D eigenvalue weighted by atomic mass is 10.3. The Morgan fingerprint density at radius 1 is 1.44 bits per heavy atom. The molecule has 0 aliphatic carbocycles. The Labute approximate surface area is 106 Å². The van der Waals surface area contributed by atoms with E-state index in [9.17, 15) is 14.4 Å². The van der Waals surface area contributed by atoms with Crippen LogP contribution in [0.3, 0.4) is 0 Å². The largest absolute Gasteiger partial charge is 0.481 e. The van der Waals surface area contributed by atoms with Gasteiger partial charge >= 0.3 is 12.0 Å². The number of hydrogen-bond acceptors (Lipinski definition) is 3. The fourth-order valence-electron chi connectivity index (χ4n) is 1.78. The standard InChI is InChI=1S/C11H19N3O4/c1-2-13(7-4-10(16)17)11(18)14-6-3-9(15)12-5-8-14/h2-8H2,1H3,(H,12,15)(H,16,17). The van der Waals surface area contributed by atoms with Gasteiger partial charge in [-0.3, -0.25) is 9.59 Å². The fraction of sp³-hybridized carbons (Fsp3) is 0.727. The molecule has 0 unspecified atom stereocenters. The van der Waals surface area contributed by atoms with Crippen LogP contribution in [0.5, 0.6) is 0 Å². The number of carbonyl (C=O) groups excluding carboxylic acids is 2. The number of urea groups is 1. The summed E-state index contributed by atoms with van der Waals surface area (Å²) in [5.41, 5.74) is 0. The van der Waals surface area contributed by atoms with Crippen molar-refractivity contribution >= 4 is 17.9 Å². The second-order valence-corrected chi connectivity index (χ2v) is 4.09. The van der Waals surface area contributed by atoms with Crippen LogP contribution in [-0.4, -0.2) is 65.5 Å². The summed E-state index contributed by atoms with van der Waals surface area (Å²) in [6.45, 7) is 3.76. The van der Waals surface area contributed by atoms with E-state index in [0.717, 1.165) is 0 Å². The molecular formula is C11H19N3O4. The van der Waals surface area contributed by atoms with E-state index in [1.165, 1.54) is 4.90 Å². The van der Waals surface area contributed by atoms with Gasteiger partial charge in [0.05, 0.1) is 6.42 Å². The van der Waals surface area contributed by atoms with Crippen LogP contribution in [0.1, 0.15) is 19.8 Å². The monoisotopic (exact) mass is 257 g/mol. The van der Waals surface area contributed by atoms with Crippen molar-refractivity contribution in [1.82, 2.24) is 15.1 Å². The zero-order valence-electron chi connectivity index (χ0n) is 10.5. The lowest BCUT2D eigenvalue weighted by Gasteiger charge is -2.28. The number of aliphatic carboxylic acids is 1. The van der Waals surface area contributed by atoms with E-state index in [4.69, 9.17) is 5.11 Å². The predicted molar refractivity (Wildman–Crippen MR) is 64.1 cm³/mol. The third kappa shape index (κ3) is 4.23. The van der Waals surface area contributed by atoms with Crippen molar-refractivity contribution < 1.29 is 19.5 Å². The summed E-state index contributed by atoms with van der Waals surface area (Å²) in [5, 5.41) is 11.3. The molecule has 1 fully saturated rings. The second kappa shape index (κ2) is 6.83. The van der Waals surface area contributed by atoms with Crippen LogP contribution in [0.4, 0.5) is 4.79 Å². The van der Waals surface area contributed by atoms with Crippen molar-refractivity contribution in [2.45, 2.75) is 19.8 Å². The van der Waals surface area contributed by atoms with E-state index in [-0.39, 0.29) is 24.9 Å². The maximum atomic E-state index is 12.1.